The Morgan fingerprint density at radius 1 is 0.485 bits per heavy atom. The number of aliphatic carboxylic acids is 1. The predicted molar refractivity (Wildman–Crippen MR) is 272 cm³/mol. The van der Waals surface area contributed by atoms with Gasteiger partial charge in [0.1, 0.15) is 12.7 Å². The lowest BCUT2D eigenvalue weighted by atomic mass is 10.1. The van der Waals surface area contributed by atoms with E-state index in [1.54, 1.807) is 0 Å². The van der Waals surface area contributed by atoms with E-state index in [1.165, 1.54) is 0 Å². The van der Waals surface area contributed by atoms with E-state index < -0.39 is 57.6 Å². The Labute approximate surface area is 398 Å². The molecule has 0 rings (SSSR count). The van der Waals surface area contributed by atoms with Gasteiger partial charge >= 0.3 is 19.8 Å². The fourth-order valence-electron chi connectivity index (χ4n) is 6.01. The van der Waals surface area contributed by atoms with E-state index >= 15 is 0 Å². The Morgan fingerprint density at radius 3 is 1.24 bits per heavy atom. The Kier molecular flexibility index (Phi) is 44.4. The van der Waals surface area contributed by atoms with Gasteiger partial charge in [-0.2, -0.15) is 0 Å². The lowest BCUT2D eigenvalue weighted by Crippen LogP contribution is -2.43. The molecule has 3 unspecified atom stereocenters. The van der Waals surface area contributed by atoms with Crippen LogP contribution in [0.5, 0.6) is 0 Å². The maximum atomic E-state index is 12.4. The van der Waals surface area contributed by atoms with Crippen molar-refractivity contribution >= 4 is 25.7 Å². The molecule has 0 saturated carbocycles. The van der Waals surface area contributed by atoms with Crippen LogP contribution in [0.15, 0.2) is 122 Å². The quantitative estimate of drug-likeness (QED) is 0.0200. The van der Waals surface area contributed by atoms with Crippen molar-refractivity contribution in [2.45, 2.75) is 180 Å². The Hall–Kier alpha value is -4.12. The smallest absolute Gasteiger partial charge is 0.472 e. The average Bonchev–Trinajstić information content (AvgIpc) is 3.29. The van der Waals surface area contributed by atoms with Crippen LogP contribution in [0.1, 0.15) is 168 Å². The highest BCUT2D eigenvalue weighted by molar-refractivity contribution is 7.47. The number of aliphatic hydroxyl groups excluding tert-OH is 1. The van der Waals surface area contributed by atoms with Crippen LogP contribution in [-0.2, 0) is 32.7 Å². The van der Waals surface area contributed by atoms with E-state index in [0.29, 0.717) is 12.8 Å². The summed E-state index contributed by atoms with van der Waals surface area (Å²) in [6.45, 7) is 2.32. The number of carboxylic acid groups (broad SMARTS) is 1. The van der Waals surface area contributed by atoms with Crippen molar-refractivity contribution in [1.82, 2.24) is 5.32 Å². The molecular weight excluding hydrogens is 854 g/mol. The normalized spacial score (nSPS) is 14.6. The second-order valence-corrected chi connectivity index (χ2v) is 17.3. The molecule has 12 heteroatoms. The van der Waals surface area contributed by atoms with E-state index in [4.69, 9.17) is 13.8 Å². The number of esters is 1. The standard InChI is InChI=1S/C54H86NO10P/c1-3-5-7-9-11-13-15-17-19-21-23-25-27-29-31-33-35-37-39-41-43-45-52(57)55-51(54(59)60)49-65-66(61,62)64-48-50(56)47-63-53(58)46-44-42-40-38-36-34-32-30-28-26-24-22-20-18-16-14-12-10-8-6-4-2/h5-8,11-14,17-20,23-26,29-32,50-51,56H,3-4,9-10,15-16,21-22,27-28,33-49H2,1-2H3,(H,55,57)(H,59,60)(H,61,62)/b7-5-,8-6-,13-11-,14-12-,19-17-,20-18-,25-23-,26-24-,31-29-,32-30-. The van der Waals surface area contributed by atoms with Crippen LogP contribution in [0.2, 0.25) is 0 Å². The first kappa shape index (κ1) is 61.9. The van der Waals surface area contributed by atoms with Gasteiger partial charge in [0.2, 0.25) is 5.91 Å². The average molecular weight is 940 g/mol. The SMILES string of the molecule is CC/C=C\C/C=C\C/C=C\C/C=C\C/C=C\CCCCCCCC(=O)NC(COP(=O)(O)OCC(O)COC(=O)CCCCCCC/C=C\C/C=C\C/C=C\C/C=C\C/C=C\CC)C(=O)O. The molecule has 66 heavy (non-hydrogen) atoms. The van der Waals surface area contributed by atoms with Crippen LogP contribution in [0.4, 0.5) is 0 Å². The van der Waals surface area contributed by atoms with Crippen molar-refractivity contribution in [2.75, 3.05) is 19.8 Å². The van der Waals surface area contributed by atoms with Gasteiger partial charge in [-0.25, -0.2) is 9.36 Å². The molecule has 4 N–H and O–H groups in total. The molecule has 0 bridgehead atoms. The summed E-state index contributed by atoms with van der Waals surface area (Å²) in [7, 11) is -4.78. The first-order valence-electron chi connectivity index (χ1n) is 24.6. The van der Waals surface area contributed by atoms with Gasteiger partial charge in [-0.05, 0) is 103 Å². The first-order valence-corrected chi connectivity index (χ1v) is 26.1. The summed E-state index contributed by atoms with van der Waals surface area (Å²) in [5.74, 6) is -2.44. The van der Waals surface area contributed by atoms with Crippen molar-refractivity contribution in [3.8, 4) is 0 Å². The van der Waals surface area contributed by atoms with E-state index in [0.717, 1.165) is 128 Å². The number of hydrogen-bond donors (Lipinski definition) is 4. The van der Waals surface area contributed by atoms with Gasteiger partial charge in [-0.1, -0.05) is 174 Å². The fourth-order valence-corrected chi connectivity index (χ4v) is 6.79. The number of nitrogens with one attached hydrogen (secondary N) is 1. The number of ether oxygens (including phenoxy) is 1. The van der Waals surface area contributed by atoms with E-state index in [9.17, 15) is 34.1 Å². The summed E-state index contributed by atoms with van der Waals surface area (Å²) in [6, 6.07) is -1.57. The minimum Gasteiger partial charge on any atom is -0.480 e. The van der Waals surface area contributed by atoms with Crippen LogP contribution < -0.4 is 5.32 Å². The van der Waals surface area contributed by atoms with Crippen molar-refractivity contribution < 1.29 is 47.8 Å². The Balaban J connectivity index is 3.95. The number of unbranched alkanes of at least 4 members (excludes halogenated alkanes) is 10. The third-order valence-electron chi connectivity index (χ3n) is 9.75. The number of carbonyl (C=O) groups excluding carboxylic acids is 2. The molecule has 11 nitrogen and oxygen atoms in total. The van der Waals surface area contributed by atoms with E-state index in [2.05, 4.69) is 141 Å². The summed E-state index contributed by atoms with van der Waals surface area (Å²) >= 11 is 0. The number of aliphatic hydroxyl groups is 1. The van der Waals surface area contributed by atoms with Crippen LogP contribution >= 0.6 is 7.82 Å². The predicted octanol–water partition coefficient (Wildman–Crippen LogP) is 13.6. The zero-order valence-corrected chi connectivity index (χ0v) is 41.3. The summed E-state index contributed by atoms with van der Waals surface area (Å²) in [4.78, 5) is 46.1. The van der Waals surface area contributed by atoms with Gasteiger partial charge in [-0.15, -0.1) is 0 Å². The molecule has 0 fully saturated rings. The number of phosphoric acid groups is 1. The lowest BCUT2D eigenvalue weighted by molar-refractivity contribution is -0.147. The maximum absolute atomic E-state index is 12.4. The molecule has 1 amide bonds. The van der Waals surface area contributed by atoms with Crippen LogP contribution in [0, 0.1) is 0 Å². The van der Waals surface area contributed by atoms with Gasteiger partial charge in [0.15, 0.2) is 6.04 Å². The molecule has 0 saturated heterocycles. The topological polar surface area (TPSA) is 169 Å². The summed E-state index contributed by atoms with van der Waals surface area (Å²) in [5, 5.41) is 21.9. The monoisotopic (exact) mass is 940 g/mol. The number of hydrogen-bond acceptors (Lipinski definition) is 8. The zero-order chi connectivity index (χ0) is 48.4. The minimum atomic E-state index is -4.78. The summed E-state index contributed by atoms with van der Waals surface area (Å²) < 4.78 is 26.9. The highest BCUT2D eigenvalue weighted by Gasteiger charge is 2.28. The summed E-state index contributed by atoms with van der Waals surface area (Å²) in [5.41, 5.74) is 0. The Morgan fingerprint density at radius 2 is 0.833 bits per heavy atom. The van der Waals surface area contributed by atoms with E-state index in [-0.39, 0.29) is 12.8 Å². The molecule has 0 aromatic rings. The molecule has 0 aromatic carbocycles. The molecule has 3 atom stereocenters. The molecule has 0 heterocycles. The fraction of sp³-hybridized carbons (Fsp3) is 0.574. The number of allylic oxidation sites excluding steroid dienone is 20. The van der Waals surface area contributed by atoms with Crippen molar-refractivity contribution in [1.29, 1.82) is 0 Å². The molecule has 0 aromatic heterocycles. The highest BCUT2D eigenvalue weighted by atomic mass is 31.2. The third-order valence-corrected chi connectivity index (χ3v) is 10.7. The second kappa shape index (κ2) is 47.4. The van der Waals surface area contributed by atoms with Crippen LogP contribution in [-0.4, -0.2) is 64.9 Å². The summed E-state index contributed by atoms with van der Waals surface area (Å²) in [6.07, 6.45) is 63.5. The minimum absolute atomic E-state index is 0.114. The highest BCUT2D eigenvalue weighted by Crippen LogP contribution is 2.43. The molecule has 372 valence electrons. The van der Waals surface area contributed by atoms with Crippen LogP contribution in [0.3, 0.4) is 0 Å². The number of amides is 1. The zero-order valence-electron chi connectivity index (χ0n) is 40.4. The molecule has 0 aliphatic heterocycles. The molecule has 0 aliphatic rings. The number of phosphoric ester groups is 1. The van der Waals surface area contributed by atoms with Gasteiger partial charge in [-0.3, -0.25) is 18.6 Å². The van der Waals surface area contributed by atoms with Crippen molar-refractivity contribution in [3.05, 3.63) is 122 Å². The molecule has 0 aliphatic carbocycles. The number of rotatable bonds is 44. The van der Waals surface area contributed by atoms with Crippen molar-refractivity contribution in [2.24, 2.45) is 0 Å². The third kappa shape index (κ3) is 46.4. The number of carbonyl (C=O) groups is 3. The van der Waals surface area contributed by atoms with Gasteiger partial charge in [0.25, 0.3) is 0 Å². The van der Waals surface area contributed by atoms with Gasteiger partial charge in [0, 0.05) is 12.8 Å². The van der Waals surface area contributed by atoms with Crippen molar-refractivity contribution in [3.63, 3.8) is 0 Å². The second-order valence-electron chi connectivity index (χ2n) is 15.9. The van der Waals surface area contributed by atoms with Crippen LogP contribution in [0.25, 0.3) is 0 Å². The van der Waals surface area contributed by atoms with E-state index in [1.807, 2.05) is 0 Å². The molecular formula is C54H86NO10P. The lowest BCUT2D eigenvalue weighted by Gasteiger charge is -2.18. The molecule has 0 spiro atoms. The first-order chi connectivity index (χ1) is 32.1. The maximum Gasteiger partial charge on any atom is 0.472 e. The Bertz CT molecular complexity index is 1570. The largest absolute Gasteiger partial charge is 0.480 e. The molecule has 0 radical (unpaired) electrons. The van der Waals surface area contributed by atoms with Gasteiger partial charge in [0.05, 0.1) is 13.2 Å². The number of carboxylic acids is 1. The van der Waals surface area contributed by atoms with Gasteiger partial charge < -0.3 is 25.2 Å².